The number of alkyl halides is 6. The molecule has 1 amide bonds. The Kier molecular flexibility index (Phi) is 11.4. The number of amides is 1. The van der Waals surface area contributed by atoms with Crippen molar-refractivity contribution in [3.05, 3.63) is 47.3 Å². The number of aromatic nitrogens is 2. The van der Waals surface area contributed by atoms with Crippen LogP contribution in [0.25, 0.3) is 0 Å². The van der Waals surface area contributed by atoms with Crippen LogP contribution in [0.5, 0.6) is 0 Å². The Balaban J connectivity index is 1.11. The van der Waals surface area contributed by atoms with E-state index in [-0.39, 0.29) is 30.6 Å². The number of rotatable bonds is 12. The maximum absolute atomic E-state index is 13.9. The number of likely N-dealkylation sites (tertiary alicyclic amines) is 1. The Labute approximate surface area is 275 Å². The molecule has 0 spiro atoms. The molecule has 1 atom stereocenters. The first-order valence-electron chi connectivity index (χ1n) is 16.6. The summed E-state index contributed by atoms with van der Waals surface area (Å²) in [7, 11) is 0. The zero-order valence-electron chi connectivity index (χ0n) is 26.7. The number of benzene rings is 1. The summed E-state index contributed by atoms with van der Waals surface area (Å²) in [5, 5.41) is 11.7. The van der Waals surface area contributed by atoms with Crippen molar-refractivity contribution in [2.45, 2.75) is 76.2 Å². The number of nitrogens with zero attached hydrogens (tertiary/aromatic N) is 5. The van der Waals surface area contributed by atoms with Gasteiger partial charge in [-0.15, -0.1) is 0 Å². The fraction of sp³-hybridized carbons (Fsp3) is 0.636. The highest BCUT2D eigenvalue weighted by Gasteiger charge is 2.40. The molecule has 3 saturated heterocycles. The lowest BCUT2D eigenvalue weighted by Crippen LogP contribution is -2.57. The minimum atomic E-state index is -4.77. The zero-order chi connectivity index (χ0) is 34.5. The second kappa shape index (κ2) is 15.3. The van der Waals surface area contributed by atoms with Crippen molar-refractivity contribution in [1.29, 1.82) is 0 Å². The number of carbonyl (C=O) groups excluding carboxylic acids is 1. The van der Waals surface area contributed by atoms with Crippen molar-refractivity contribution in [3.63, 3.8) is 0 Å². The second-order valence-corrected chi connectivity index (χ2v) is 13.1. The molecule has 264 valence electrons. The van der Waals surface area contributed by atoms with Crippen molar-refractivity contribution >= 4 is 23.5 Å². The van der Waals surface area contributed by atoms with Crippen molar-refractivity contribution in [2.24, 2.45) is 11.8 Å². The van der Waals surface area contributed by atoms with Gasteiger partial charge in [-0.3, -0.25) is 14.5 Å². The van der Waals surface area contributed by atoms with Crippen LogP contribution in [0.4, 0.5) is 38.0 Å². The van der Waals surface area contributed by atoms with E-state index in [2.05, 4.69) is 15.3 Å². The first kappa shape index (κ1) is 35.7. The number of hydrogen-bond donors (Lipinski definition) is 2. The number of carboxylic acids is 1. The van der Waals surface area contributed by atoms with Gasteiger partial charge in [-0.2, -0.15) is 26.3 Å². The lowest BCUT2D eigenvalue weighted by atomic mass is 9.87. The van der Waals surface area contributed by atoms with Gasteiger partial charge in [0.2, 0.25) is 11.7 Å². The Morgan fingerprint density at radius 3 is 1.96 bits per heavy atom. The van der Waals surface area contributed by atoms with Gasteiger partial charge in [0.05, 0.1) is 12.1 Å². The Bertz CT molecular complexity index is 1390. The summed E-state index contributed by atoms with van der Waals surface area (Å²) in [5.74, 6) is -1.13. The molecule has 1 aromatic heterocycles. The molecule has 1 aromatic carbocycles. The Morgan fingerprint density at radius 2 is 1.42 bits per heavy atom. The van der Waals surface area contributed by atoms with E-state index >= 15 is 0 Å². The van der Waals surface area contributed by atoms with Crippen LogP contribution in [0, 0.1) is 11.8 Å². The van der Waals surface area contributed by atoms with E-state index in [1.807, 2.05) is 9.80 Å². The van der Waals surface area contributed by atoms with Crippen LogP contribution in [0.2, 0.25) is 0 Å². The summed E-state index contributed by atoms with van der Waals surface area (Å²) in [5.41, 5.74) is -0.143. The number of hydrogen-bond acceptors (Lipinski definition) is 7. The molecule has 9 nitrogen and oxygen atoms in total. The predicted octanol–water partition coefficient (Wildman–Crippen LogP) is 5.64. The second-order valence-electron chi connectivity index (χ2n) is 13.1. The van der Waals surface area contributed by atoms with Gasteiger partial charge in [0, 0.05) is 32.2 Å². The van der Waals surface area contributed by atoms with Gasteiger partial charge in [-0.05, 0) is 81.1 Å². The van der Waals surface area contributed by atoms with Crippen molar-refractivity contribution in [1.82, 2.24) is 20.2 Å². The van der Waals surface area contributed by atoms with E-state index in [0.29, 0.717) is 49.9 Å². The van der Waals surface area contributed by atoms with Crippen LogP contribution in [0.15, 0.2) is 30.3 Å². The molecule has 4 heterocycles. The molecule has 0 bridgehead atoms. The van der Waals surface area contributed by atoms with Gasteiger partial charge < -0.3 is 20.2 Å². The first-order chi connectivity index (χ1) is 22.8. The van der Waals surface area contributed by atoms with Crippen molar-refractivity contribution < 1.29 is 41.0 Å². The predicted molar refractivity (Wildman–Crippen MR) is 167 cm³/mol. The Hall–Kier alpha value is -3.62. The molecule has 5 rings (SSSR count). The SMILES string of the molecule is O=C(O)CN1CCC(CCCC2CCN(c3cc(N4CCC4C(=O)NCCc4ccc(C(F)(F)F)cc4)nc(C(F)(F)F)n3)CC2)CC1. The molecule has 0 saturated carbocycles. The lowest BCUT2D eigenvalue weighted by Gasteiger charge is -2.41. The maximum Gasteiger partial charge on any atom is 0.451 e. The minimum absolute atomic E-state index is 0.0398. The largest absolute Gasteiger partial charge is 0.480 e. The smallest absolute Gasteiger partial charge is 0.451 e. The Morgan fingerprint density at radius 1 is 0.812 bits per heavy atom. The fourth-order valence-corrected chi connectivity index (χ4v) is 6.87. The molecule has 15 heteroatoms. The third-order valence-corrected chi connectivity index (χ3v) is 9.79. The molecule has 1 unspecified atom stereocenters. The van der Waals surface area contributed by atoms with Crippen molar-refractivity contribution in [2.75, 3.05) is 55.6 Å². The molecular formula is C33H42F6N6O3. The van der Waals surface area contributed by atoms with Gasteiger partial charge in [-0.25, -0.2) is 9.97 Å². The lowest BCUT2D eigenvalue weighted by molar-refractivity contribution is -0.145. The third kappa shape index (κ3) is 9.50. The monoisotopic (exact) mass is 684 g/mol. The van der Waals surface area contributed by atoms with Crippen LogP contribution in [0.3, 0.4) is 0 Å². The summed E-state index contributed by atoms with van der Waals surface area (Å²) < 4.78 is 80.0. The highest BCUT2D eigenvalue weighted by molar-refractivity contribution is 5.86. The molecule has 3 aliphatic rings. The summed E-state index contributed by atoms with van der Waals surface area (Å²) in [6, 6.07) is 5.48. The van der Waals surface area contributed by atoms with Crippen LogP contribution in [-0.2, 0) is 28.4 Å². The summed E-state index contributed by atoms with van der Waals surface area (Å²) in [4.78, 5) is 36.9. The van der Waals surface area contributed by atoms with Gasteiger partial charge in [-0.1, -0.05) is 31.4 Å². The standard InChI is InChI=1S/C33H42F6N6O3/c34-32(35,36)25-6-4-24(5-7-25)8-14-40-30(48)26-13-19-45(26)28-20-27(41-31(42-28)33(37,38)39)44-17-11-23(12-18-44)3-1-2-22-9-15-43(16-10-22)21-29(46)47/h4-7,20,22-23,26H,1-3,8-19,21H2,(H,40,48)(H,46,47). The van der Waals surface area contributed by atoms with E-state index in [0.717, 1.165) is 70.2 Å². The molecule has 48 heavy (non-hydrogen) atoms. The fourth-order valence-electron chi connectivity index (χ4n) is 6.87. The molecule has 2 aromatic rings. The minimum Gasteiger partial charge on any atom is -0.480 e. The van der Waals surface area contributed by atoms with Crippen molar-refractivity contribution in [3.8, 4) is 0 Å². The van der Waals surface area contributed by atoms with E-state index < -0.39 is 35.8 Å². The average Bonchev–Trinajstić information content (AvgIpc) is 3.01. The van der Waals surface area contributed by atoms with E-state index in [9.17, 15) is 35.9 Å². The number of carbonyl (C=O) groups is 2. The van der Waals surface area contributed by atoms with Gasteiger partial charge >= 0.3 is 18.3 Å². The van der Waals surface area contributed by atoms with Crippen LogP contribution < -0.4 is 15.1 Å². The van der Waals surface area contributed by atoms with Crippen LogP contribution in [-0.4, -0.2) is 83.7 Å². The molecule has 0 aliphatic carbocycles. The quantitative estimate of drug-likeness (QED) is 0.278. The molecule has 0 radical (unpaired) electrons. The highest BCUT2D eigenvalue weighted by atomic mass is 19.4. The molecule has 2 N–H and O–H groups in total. The summed E-state index contributed by atoms with van der Waals surface area (Å²) in [6.45, 7) is 3.37. The summed E-state index contributed by atoms with van der Waals surface area (Å²) in [6.07, 6.45) is -1.55. The summed E-state index contributed by atoms with van der Waals surface area (Å²) >= 11 is 0. The van der Waals surface area contributed by atoms with E-state index in [4.69, 9.17) is 5.11 Å². The van der Waals surface area contributed by atoms with Gasteiger partial charge in [0.15, 0.2) is 0 Å². The topological polar surface area (TPSA) is 102 Å². The maximum atomic E-state index is 13.9. The highest BCUT2D eigenvalue weighted by Crippen LogP contribution is 2.35. The number of nitrogens with one attached hydrogen (secondary N) is 1. The third-order valence-electron chi connectivity index (χ3n) is 9.79. The molecule has 3 aliphatic heterocycles. The van der Waals surface area contributed by atoms with E-state index in [1.54, 1.807) is 0 Å². The van der Waals surface area contributed by atoms with E-state index in [1.165, 1.54) is 23.1 Å². The molecule has 3 fully saturated rings. The number of anilines is 2. The van der Waals surface area contributed by atoms with Crippen LogP contribution in [0.1, 0.15) is 68.3 Å². The number of carboxylic acid groups (broad SMARTS) is 1. The first-order valence-corrected chi connectivity index (χ1v) is 16.6. The van der Waals surface area contributed by atoms with Gasteiger partial charge in [0.25, 0.3) is 0 Å². The number of aliphatic carboxylic acids is 1. The molecular weight excluding hydrogens is 642 g/mol. The average molecular weight is 685 g/mol. The van der Waals surface area contributed by atoms with Gasteiger partial charge in [0.1, 0.15) is 17.7 Å². The van der Waals surface area contributed by atoms with Crippen LogP contribution >= 0.6 is 0 Å². The normalized spacial score (nSPS) is 20.1. The zero-order valence-corrected chi connectivity index (χ0v) is 26.7. The number of halogens is 6. The number of piperidine rings is 2.